The van der Waals surface area contributed by atoms with Crippen molar-refractivity contribution in [3.63, 3.8) is 0 Å². The van der Waals surface area contributed by atoms with Crippen molar-refractivity contribution in [1.29, 1.82) is 10.5 Å². The maximum Gasteiger partial charge on any atom is 0.0672 e. The molecule has 0 saturated heterocycles. The Morgan fingerprint density at radius 2 is 2.14 bits per heavy atom. The normalized spacial score (nSPS) is 28.4. The van der Waals surface area contributed by atoms with E-state index in [1.54, 1.807) is 0 Å². The molecule has 0 heterocycles. The molecule has 0 N–H and O–H groups in total. The molecule has 1 aliphatic rings. The highest BCUT2D eigenvalue weighted by molar-refractivity contribution is 4.97. The van der Waals surface area contributed by atoms with Crippen LogP contribution >= 0.6 is 0 Å². The van der Waals surface area contributed by atoms with Crippen LogP contribution in [0.2, 0.25) is 0 Å². The lowest BCUT2D eigenvalue weighted by Gasteiger charge is -2.27. The van der Waals surface area contributed by atoms with E-state index in [1.807, 2.05) is 14.0 Å². The first-order chi connectivity index (χ1) is 6.69. The van der Waals surface area contributed by atoms with Gasteiger partial charge >= 0.3 is 0 Å². The van der Waals surface area contributed by atoms with Gasteiger partial charge in [-0.05, 0) is 26.8 Å². The second-order valence-corrected chi connectivity index (χ2v) is 4.20. The molecule has 76 valence electrons. The Kier molecular flexibility index (Phi) is 3.92. The zero-order valence-corrected chi connectivity index (χ0v) is 8.90. The number of rotatable bonds is 3. The molecule has 0 radical (unpaired) electrons. The minimum atomic E-state index is 0.0555. The third-order valence-electron chi connectivity index (χ3n) is 2.99. The first-order valence-electron chi connectivity index (χ1n) is 5.18. The van der Waals surface area contributed by atoms with E-state index in [9.17, 15) is 0 Å². The summed E-state index contributed by atoms with van der Waals surface area (Å²) in [5, 5.41) is 17.6. The molecule has 1 fully saturated rings. The van der Waals surface area contributed by atoms with Gasteiger partial charge in [-0.25, -0.2) is 0 Å². The Hall–Kier alpha value is -1.06. The van der Waals surface area contributed by atoms with Crippen molar-refractivity contribution in [1.82, 2.24) is 4.90 Å². The number of hydrogen-bond donors (Lipinski definition) is 0. The van der Waals surface area contributed by atoms with E-state index in [4.69, 9.17) is 10.5 Å². The number of nitriles is 2. The smallest absolute Gasteiger partial charge is 0.0672 e. The van der Waals surface area contributed by atoms with E-state index >= 15 is 0 Å². The lowest BCUT2D eigenvalue weighted by molar-refractivity contribution is 0.207. The number of nitrogens with zero attached hydrogens (tertiary/aromatic N) is 3. The highest BCUT2D eigenvalue weighted by atomic mass is 15.1. The van der Waals surface area contributed by atoms with Crippen LogP contribution in [0.4, 0.5) is 0 Å². The molecule has 3 nitrogen and oxygen atoms in total. The molecule has 1 rings (SSSR count). The van der Waals surface area contributed by atoms with Crippen molar-refractivity contribution >= 4 is 0 Å². The molecule has 0 amide bonds. The topological polar surface area (TPSA) is 50.8 Å². The second kappa shape index (κ2) is 4.98. The standard InChI is InChI=1S/C11H17N3/c1-9(6-12)8-14(2)11-5-3-4-10(11)7-13/h9-11H,3-5,8H2,1-2H3. The van der Waals surface area contributed by atoms with Crippen molar-refractivity contribution in [2.45, 2.75) is 32.2 Å². The van der Waals surface area contributed by atoms with Crippen LogP contribution < -0.4 is 0 Å². The van der Waals surface area contributed by atoms with Gasteiger partial charge < -0.3 is 4.90 Å². The summed E-state index contributed by atoms with van der Waals surface area (Å²) < 4.78 is 0. The van der Waals surface area contributed by atoms with Gasteiger partial charge in [-0.1, -0.05) is 6.42 Å². The molecule has 3 unspecified atom stereocenters. The average Bonchev–Trinajstić information content (AvgIpc) is 2.65. The van der Waals surface area contributed by atoms with Gasteiger partial charge in [-0.2, -0.15) is 10.5 Å². The monoisotopic (exact) mass is 191 g/mol. The van der Waals surface area contributed by atoms with Crippen LogP contribution in [-0.2, 0) is 0 Å². The summed E-state index contributed by atoms with van der Waals surface area (Å²) in [6, 6.07) is 4.96. The van der Waals surface area contributed by atoms with Crippen LogP contribution in [0.15, 0.2) is 0 Å². The van der Waals surface area contributed by atoms with Gasteiger partial charge in [0, 0.05) is 12.6 Å². The molecular formula is C11H17N3. The minimum Gasteiger partial charge on any atom is -0.301 e. The molecule has 1 aliphatic carbocycles. The first kappa shape index (κ1) is 11.0. The van der Waals surface area contributed by atoms with Crippen molar-refractivity contribution in [3.05, 3.63) is 0 Å². The summed E-state index contributed by atoms with van der Waals surface area (Å²) in [5.74, 6) is 0.228. The lowest BCUT2D eigenvalue weighted by atomic mass is 10.0. The third-order valence-corrected chi connectivity index (χ3v) is 2.99. The molecule has 14 heavy (non-hydrogen) atoms. The van der Waals surface area contributed by atoms with Crippen LogP contribution in [0.1, 0.15) is 26.2 Å². The molecule has 0 aliphatic heterocycles. The Bertz CT molecular complexity index is 261. The van der Waals surface area contributed by atoms with E-state index in [2.05, 4.69) is 17.0 Å². The predicted octanol–water partition coefficient (Wildman–Crippen LogP) is 1.77. The summed E-state index contributed by atoms with van der Waals surface area (Å²) in [6.07, 6.45) is 3.27. The molecule has 1 saturated carbocycles. The average molecular weight is 191 g/mol. The first-order valence-corrected chi connectivity index (χ1v) is 5.18. The van der Waals surface area contributed by atoms with Gasteiger partial charge in [-0.3, -0.25) is 0 Å². The van der Waals surface area contributed by atoms with Gasteiger partial charge in [-0.15, -0.1) is 0 Å². The van der Waals surface area contributed by atoms with Crippen molar-refractivity contribution < 1.29 is 0 Å². The predicted molar refractivity (Wildman–Crippen MR) is 54.1 cm³/mol. The van der Waals surface area contributed by atoms with E-state index in [1.165, 1.54) is 0 Å². The molecule has 0 aromatic rings. The molecule has 0 bridgehead atoms. The van der Waals surface area contributed by atoms with E-state index < -0.39 is 0 Å². The molecule has 3 heteroatoms. The zero-order chi connectivity index (χ0) is 10.6. The van der Waals surface area contributed by atoms with Crippen LogP contribution in [0, 0.1) is 34.5 Å². The fourth-order valence-corrected chi connectivity index (χ4v) is 2.23. The summed E-state index contributed by atoms with van der Waals surface area (Å²) >= 11 is 0. The lowest BCUT2D eigenvalue weighted by Crippen LogP contribution is -2.36. The van der Waals surface area contributed by atoms with Crippen molar-refractivity contribution in [3.8, 4) is 12.1 Å². The Morgan fingerprint density at radius 3 is 2.71 bits per heavy atom. The zero-order valence-electron chi connectivity index (χ0n) is 8.90. The highest BCUT2D eigenvalue weighted by Crippen LogP contribution is 2.28. The van der Waals surface area contributed by atoms with Crippen molar-refractivity contribution in [2.75, 3.05) is 13.6 Å². The fraction of sp³-hybridized carbons (Fsp3) is 0.818. The maximum absolute atomic E-state index is 8.93. The van der Waals surface area contributed by atoms with E-state index in [0.717, 1.165) is 25.8 Å². The van der Waals surface area contributed by atoms with Crippen LogP contribution in [0.3, 0.4) is 0 Å². The summed E-state index contributed by atoms with van der Waals surface area (Å²) in [7, 11) is 2.02. The quantitative estimate of drug-likeness (QED) is 0.683. The summed E-state index contributed by atoms with van der Waals surface area (Å²) in [6.45, 7) is 2.70. The largest absolute Gasteiger partial charge is 0.301 e. The maximum atomic E-state index is 8.93. The molecule has 0 spiro atoms. The van der Waals surface area contributed by atoms with Crippen molar-refractivity contribution in [2.24, 2.45) is 11.8 Å². The van der Waals surface area contributed by atoms with Crippen LogP contribution in [-0.4, -0.2) is 24.5 Å². The van der Waals surface area contributed by atoms with Gasteiger partial charge in [0.05, 0.1) is 24.0 Å². The van der Waals surface area contributed by atoms with Gasteiger partial charge in [0.25, 0.3) is 0 Å². The summed E-state index contributed by atoms with van der Waals surface area (Å²) in [4.78, 5) is 2.18. The Balaban J connectivity index is 2.49. The van der Waals surface area contributed by atoms with E-state index in [-0.39, 0.29) is 11.8 Å². The SMILES string of the molecule is CC(C#N)CN(C)C1CCCC1C#N. The molecule has 0 aromatic heterocycles. The minimum absolute atomic E-state index is 0.0555. The van der Waals surface area contributed by atoms with E-state index in [0.29, 0.717) is 6.04 Å². The molecule has 3 atom stereocenters. The van der Waals surface area contributed by atoms with Crippen LogP contribution in [0.5, 0.6) is 0 Å². The van der Waals surface area contributed by atoms with Gasteiger partial charge in [0.15, 0.2) is 0 Å². The third kappa shape index (κ3) is 2.47. The highest BCUT2D eigenvalue weighted by Gasteiger charge is 2.30. The Morgan fingerprint density at radius 1 is 1.43 bits per heavy atom. The number of hydrogen-bond acceptors (Lipinski definition) is 3. The summed E-state index contributed by atoms with van der Waals surface area (Å²) in [5.41, 5.74) is 0. The van der Waals surface area contributed by atoms with Gasteiger partial charge in [0.1, 0.15) is 0 Å². The van der Waals surface area contributed by atoms with Gasteiger partial charge in [0.2, 0.25) is 0 Å². The molecular weight excluding hydrogens is 174 g/mol. The molecule has 0 aromatic carbocycles. The fourth-order valence-electron chi connectivity index (χ4n) is 2.23. The Labute approximate surface area is 85.9 Å². The van der Waals surface area contributed by atoms with Crippen LogP contribution in [0.25, 0.3) is 0 Å². The second-order valence-electron chi connectivity index (χ2n) is 4.20.